The van der Waals surface area contributed by atoms with Crippen LogP contribution in [-0.4, -0.2) is 60.9 Å². The lowest BCUT2D eigenvalue weighted by molar-refractivity contribution is 0.0826. The van der Waals surface area contributed by atoms with Gasteiger partial charge < -0.3 is 9.09 Å². The van der Waals surface area contributed by atoms with Crippen molar-refractivity contribution >= 4 is 0 Å². The van der Waals surface area contributed by atoms with Gasteiger partial charge in [0, 0.05) is 45.6 Å². The second-order valence-electron chi connectivity index (χ2n) is 7.20. The van der Waals surface area contributed by atoms with E-state index in [1.54, 1.807) is 0 Å². The zero-order valence-electron chi connectivity index (χ0n) is 15.4. The Balaban J connectivity index is 1.32. The molecule has 25 heavy (non-hydrogen) atoms. The van der Waals surface area contributed by atoms with Gasteiger partial charge in [-0.15, -0.1) is 10.2 Å². The summed E-state index contributed by atoms with van der Waals surface area (Å²) in [6, 6.07) is 0.172. The maximum Gasteiger partial charge on any atom is 0.243 e. The minimum atomic E-state index is 0.172. The van der Waals surface area contributed by atoms with E-state index in [4.69, 9.17) is 4.52 Å². The smallest absolute Gasteiger partial charge is 0.243 e. The highest BCUT2D eigenvalue weighted by Crippen LogP contribution is 2.38. The molecule has 0 bridgehead atoms. The summed E-state index contributed by atoms with van der Waals surface area (Å²) in [5.74, 6) is 4.39. The van der Waals surface area contributed by atoms with Crippen LogP contribution in [0.15, 0.2) is 4.52 Å². The van der Waals surface area contributed by atoms with E-state index >= 15 is 0 Å². The summed E-state index contributed by atoms with van der Waals surface area (Å²) < 4.78 is 7.59. The van der Waals surface area contributed by atoms with Crippen molar-refractivity contribution in [3.05, 3.63) is 23.4 Å². The van der Waals surface area contributed by atoms with E-state index in [9.17, 15) is 0 Å². The Bertz CT molecular complexity index is 712. The van der Waals surface area contributed by atoms with Gasteiger partial charge in [-0.1, -0.05) is 12.1 Å². The summed E-state index contributed by atoms with van der Waals surface area (Å²) in [6.07, 6.45) is 3.33. The zero-order chi connectivity index (χ0) is 17.4. The molecule has 1 aliphatic heterocycles. The van der Waals surface area contributed by atoms with Crippen molar-refractivity contribution in [2.75, 3.05) is 26.2 Å². The van der Waals surface area contributed by atoms with Crippen LogP contribution in [-0.2, 0) is 20.0 Å². The number of nitrogens with zero attached hydrogens (tertiary/aromatic N) is 7. The molecule has 2 aliphatic rings. The fourth-order valence-electron chi connectivity index (χ4n) is 3.46. The first kappa shape index (κ1) is 16.7. The molecule has 1 saturated carbocycles. The molecule has 2 fully saturated rings. The first-order valence-corrected chi connectivity index (χ1v) is 9.32. The molecule has 0 unspecified atom stereocenters. The SMILES string of the molecule is CCc1noc([C@H](C)N2CCN(Cc3nnc(C4CC4)n3C)CC2)n1. The van der Waals surface area contributed by atoms with Gasteiger partial charge in [0.1, 0.15) is 11.6 Å². The third-order valence-corrected chi connectivity index (χ3v) is 5.42. The molecule has 4 rings (SSSR count). The number of aromatic nitrogens is 5. The van der Waals surface area contributed by atoms with E-state index in [0.29, 0.717) is 5.92 Å². The molecule has 0 spiro atoms. The molecule has 0 radical (unpaired) electrons. The quantitative estimate of drug-likeness (QED) is 0.785. The van der Waals surface area contributed by atoms with Crippen molar-refractivity contribution in [3.8, 4) is 0 Å². The molecule has 1 aliphatic carbocycles. The fourth-order valence-corrected chi connectivity index (χ4v) is 3.46. The van der Waals surface area contributed by atoms with Crippen LogP contribution in [0.25, 0.3) is 0 Å². The molecule has 8 nitrogen and oxygen atoms in total. The second-order valence-corrected chi connectivity index (χ2v) is 7.20. The van der Waals surface area contributed by atoms with Crippen LogP contribution >= 0.6 is 0 Å². The molecular weight excluding hydrogens is 318 g/mol. The maximum absolute atomic E-state index is 5.40. The Morgan fingerprint density at radius 3 is 2.56 bits per heavy atom. The van der Waals surface area contributed by atoms with Crippen LogP contribution in [0.2, 0.25) is 0 Å². The van der Waals surface area contributed by atoms with Crippen LogP contribution in [0, 0.1) is 0 Å². The average molecular weight is 345 g/mol. The normalized spacial score (nSPS) is 20.9. The highest BCUT2D eigenvalue weighted by molar-refractivity contribution is 5.07. The van der Waals surface area contributed by atoms with Gasteiger partial charge in [-0.3, -0.25) is 9.80 Å². The van der Waals surface area contributed by atoms with Gasteiger partial charge in [0.25, 0.3) is 0 Å². The highest BCUT2D eigenvalue weighted by Gasteiger charge is 2.30. The predicted octanol–water partition coefficient (Wildman–Crippen LogP) is 1.52. The third-order valence-electron chi connectivity index (χ3n) is 5.42. The topological polar surface area (TPSA) is 76.1 Å². The lowest BCUT2D eigenvalue weighted by Crippen LogP contribution is -2.47. The van der Waals surface area contributed by atoms with E-state index in [2.05, 4.69) is 48.7 Å². The molecule has 8 heteroatoms. The molecule has 2 aromatic rings. The van der Waals surface area contributed by atoms with Crippen molar-refractivity contribution in [2.24, 2.45) is 7.05 Å². The van der Waals surface area contributed by atoms with Crippen molar-refractivity contribution in [1.29, 1.82) is 0 Å². The average Bonchev–Trinajstić information content (AvgIpc) is 3.25. The van der Waals surface area contributed by atoms with Crippen LogP contribution in [0.3, 0.4) is 0 Å². The van der Waals surface area contributed by atoms with Gasteiger partial charge in [-0.2, -0.15) is 4.98 Å². The summed E-state index contributed by atoms with van der Waals surface area (Å²) in [5.41, 5.74) is 0. The van der Waals surface area contributed by atoms with Crippen LogP contribution in [0.1, 0.15) is 62.0 Å². The zero-order valence-corrected chi connectivity index (χ0v) is 15.4. The first-order valence-electron chi connectivity index (χ1n) is 9.32. The molecule has 0 aromatic carbocycles. The number of hydrogen-bond acceptors (Lipinski definition) is 7. The standard InChI is InChI=1S/C17H27N7O/c1-4-14-18-17(25-21-14)12(2)24-9-7-23(8-10-24)11-15-19-20-16(22(15)3)13-5-6-13/h12-13H,4-11H2,1-3H3/t12-/m0/s1. The summed E-state index contributed by atoms with van der Waals surface area (Å²) in [6.45, 7) is 9.09. The van der Waals surface area contributed by atoms with E-state index in [1.807, 2.05) is 6.92 Å². The highest BCUT2D eigenvalue weighted by atomic mass is 16.5. The Labute approximate surface area is 148 Å². The molecule has 0 amide bonds. The van der Waals surface area contributed by atoms with E-state index < -0.39 is 0 Å². The molecular formula is C17H27N7O. The third kappa shape index (κ3) is 3.46. The van der Waals surface area contributed by atoms with Gasteiger partial charge in [-0.05, 0) is 19.8 Å². The Morgan fingerprint density at radius 1 is 1.16 bits per heavy atom. The second kappa shape index (κ2) is 6.84. The number of piperazine rings is 1. The number of rotatable bonds is 6. The van der Waals surface area contributed by atoms with Crippen molar-refractivity contribution in [3.63, 3.8) is 0 Å². The van der Waals surface area contributed by atoms with E-state index in [-0.39, 0.29) is 6.04 Å². The van der Waals surface area contributed by atoms with Crippen LogP contribution in [0.5, 0.6) is 0 Å². The Hall–Kier alpha value is -1.80. The Morgan fingerprint density at radius 2 is 1.92 bits per heavy atom. The van der Waals surface area contributed by atoms with Gasteiger partial charge in [-0.25, -0.2) is 0 Å². The van der Waals surface area contributed by atoms with E-state index in [1.165, 1.54) is 12.8 Å². The van der Waals surface area contributed by atoms with Gasteiger partial charge in [0.15, 0.2) is 5.82 Å². The Kier molecular flexibility index (Phi) is 4.56. The van der Waals surface area contributed by atoms with Gasteiger partial charge in [0.2, 0.25) is 5.89 Å². The molecule has 1 atom stereocenters. The lowest BCUT2D eigenvalue weighted by Gasteiger charge is -2.36. The van der Waals surface area contributed by atoms with Crippen LogP contribution < -0.4 is 0 Å². The van der Waals surface area contributed by atoms with Gasteiger partial charge >= 0.3 is 0 Å². The minimum Gasteiger partial charge on any atom is -0.338 e. The predicted molar refractivity (Wildman–Crippen MR) is 91.9 cm³/mol. The van der Waals surface area contributed by atoms with Crippen molar-refractivity contribution < 1.29 is 4.52 Å². The molecule has 0 N–H and O–H groups in total. The maximum atomic E-state index is 5.40. The summed E-state index contributed by atoms with van der Waals surface area (Å²) in [4.78, 5) is 9.34. The largest absolute Gasteiger partial charge is 0.338 e. The minimum absolute atomic E-state index is 0.172. The summed E-state index contributed by atoms with van der Waals surface area (Å²) in [5, 5.41) is 12.8. The molecule has 136 valence electrons. The van der Waals surface area contributed by atoms with Gasteiger partial charge in [0.05, 0.1) is 12.6 Å². The van der Waals surface area contributed by atoms with Crippen LogP contribution in [0.4, 0.5) is 0 Å². The van der Waals surface area contributed by atoms with Crippen molar-refractivity contribution in [1.82, 2.24) is 34.7 Å². The monoisotopic (exact) mass is 345 g/mol. The molecule has 3 heterocycles. The summed E-state index contributed by atoms with van der Waals surface area (Å²) >= 11 is 0. The first-order chi connectivity index (χ1) is 12.2. The van der Waals surface area contributed by atoms with Crippen molar-refractivity contribution in [2.45, 2.75) is 51.6 Å². The number of aryl methyl sites for hydroxylation is 1. The summed E-state index contributed by atoms with van der Waals surface area (Å²) in [7, 11) is 2.10. The fraction of sp³-hybridized carbons (Fsp3) is 0.765. The molecule has 1 saturated heterocycles. The number of hydrogen-bond donors (Lipinski definition) is 0. The lowest BCUT2D eigenvalue weighted by atomic mass is 10.2. The molecule has 2 aromatic heterocycles. The van der Waals surface area contributed by atoms with E-state index in [0.717, 1.165) is 62.5 Å².